The van der Waals surface area contributed by atoms with Crippen molar-refractivity contribution in [2.45, 2.75) is 13.0 Å². The van der Waals surface area contributed by atoms with E-state index in [0.29, 0.717) is 4.90 Å². The summed E-state index contributed by atoms with van der Waals surface area (Å²) in [6.07, 6.45) is -0.858. The molecule has 0 aliphatic rings. The van der Waals surface area contributed by atoms with Crippen LogP contribution in [0.25, 0.3) is 0 Å². The zero-order chi connectivity index (χ0) is 12.0. The Hall–Kier alpha value is -1.63. The molecule has 1 atom stereocenters. The summed E-state index contributed by atoms with van der Waals surface area (Å²) in [5, 5.41) is 16.9. The number of carboxylic acids is 2. The molecule has 1 unspecified atom stereocenters. The van der Waals surface area contributed by atoms with E-state index in [2.05, 4.69) is 4.74 Å². The Kier molecular flexibility index (Phi) is 5.32. The molecule has 0 fully saturated rings. The summed E-state index contributed by atoms with van der Waals surface area (Å²) in [4.78, 5) is 32.9. The Bertz CT molecular complexity index is 248. The number of amides is 1. The summed E-state index contributed by atoms with van der Waals surface area (Å²) < 4.78 is 4.68. The number of nitrogens with zero attached hydrogens (tertiary/aromatic N) is 1. The maximum absolute atomic E-state index is 11.4. The molecule has 0 heterocycles. The molecule has 0 aliphatic carbocycles. The van der Waals surface area contributed by atoms with Gasteiger partial charge in [-0.05, 0) is 6.92 Å². The van der Waals surface area contributed by atoms with Crippen LogP contribution in [0, 0.1) is 0 Å². The van der Waals surface area contributed by atoms with Gasteiger partial charge in [0, 0.05) is 7.11 Å². The zero-order valence-corrected chi connectivity index (χ0v) is 8.47. The van der Waals surface area contributed by atoms with E-state index >= 15 is 0 Å². The predicted octanol–water partition coefficient (Wildman–Crippen LogP) is -0.981. The molecule has 0 radical (unpaired) electrons. The predicted molar refractivity (Wildman–Crippen MR) is 48.3 cm³/mol. The van der Waals surface area contributed by atoms with Crippen molar-refractivity contribution in [3.8, 4) is 0 Å². The first-order valence-electron chi connectivity index (χ1n) is 4.13. The van der Waals surface area contributed by atoms with Gasteiger partial charge in [-0.3, -0.25) is 14.4 Å². The number of ether oxygens (including phenoxy) is 1. The van der Waals surface area contributed by atoms with Crippen LogP contribution in [0.2, 0.25) is 0 Å². The molecule has 0 spiro atoms. The molecule has 0 rings (SSSR count). The highest BCUT2D eigenvalue weighted by Gasteiger charge is 2.24. The van der Waals surface area contributed by atoms with Crippen LogP contribution in [-0.4, -0.2) is 59.3 Å². The van der Waals surface area contributed by atoms with Crippen LogP contribution in [0.1, 0.15) is 6.92 Å². The molecule has 86 valence electrons. The van der Waals surface area contributed by atoms with E-state index in [4.69, 9.17) is 10.2 Å². The van der Waals surface area contributed by atoms with Gasteiger partial charge in [-0.25, -0.2) is 0 Å². The van der Waals surface area contributed by atoms with E-state index < -0.39 is 37.0 Å². The fourth-order valence-corrected chi connectivity index (χ4v) is 0.896. The second-order valence-electron chi connectivity index (χ2n) is 2.86. The molecule has 0 aromatic rings. The number of carbonyl (C=O) groups excluding carboxylic acids is 1. The van der Waals surface area contributed by atoms with E-state index in [1.165, 1.54) is 14.0 Å². The largest absolute Gasteiger partial charge is 0.480 e. The summed E-state index contributed by atoms with van der Waals surface area (Å²) in [7, 11) is 1.28. The second-order valence-corrected chi connectivity index (χ2v) is 2.86. The number of hydrogen-bond donors (Lipinski definition) is 2. The van der Waals surface area contributed by atoms with Crippen LogP contribution in [0.4, 0.5) is 0 Å². The summed E-state index contributed by atoms with van der Waals surface area (Å²) in [6.45, 7) is 0.108. The van der Waals surface area contributed by atoms with Gasteiger partial charge >= 0.3 is 11.9 Å². The second kappa shape index (κ2) is 5.97. The molecule has 1 amide bonds. The summed E-state index contributed by atoms with van der Waals surface area (Å²) in [6, 6.07) is 0. The van der Waals surface area contributed by atoms with Gasteiger partial charge in [-0.15, -0.1) is 0 Å². The molecule has 2 N–H and O–H groups in total. The summed E-state index contributed by atoms with van der Waals surface area (Å²) >= 11 is 0. The summed E-state index contributed by atoms with van der Waals surface area (Å²) in [5.74, 6) is -3.21. The Balaban J connectivity index is 4.53. The zero-order valence-electron chi connectivity index (χ0n) is 8.47. The normalized spacial score (nSPS) is 11.9. The quantitative estimate of drug-likeness (QED) is 0.595. The molecular formula is C8H13NO6. The Morgan fingerprint density at radius 3 is 1.87 bits per heavy atom. The number of aliphatic carboxylic acids is 2. The van der Waals surface area contributed by atoms with Gasteiger partial charge < -0.3 is 19.8 Å². The summed E-state index contributed by atoms with van der Waals surface area (Å²) in [5.41, 5.74) is 0. The van der Waals surface area contributed by atoms with Gasteiger partial charge in [0.2, 0.25) is 0 Å². The molecule has 7 heteroatoms. The van der Waals surface area contributed by atoms with Crippen molar-refractivity contribution < 1.29 is 29.3 Å². The first-order valence-corrected chi connectivity index (χ1v) is 4.13. The first-order chi connectivity index (χ1) is 6.88. The molecule has 0 saturated heterocycles. The number of carbonyl (C=O) groups is 3. The third-order valence-electron chi connectivity index (χ3n) is 1.67. The lowest BCUT2D eigenvalue weighted by molar-refractivity contribution is -0.153. The van der Waals surface area contributed by atoms with E-state index in [1.807, 2.05) is 0 Å². The monoisotopic (exact) mass is 219 g/mol. The SMILES string of the molecule is COC(C)C(=O)N(CC(=O)O)CC(=O)O. The van der Waals surface area contributed by atoms with E-state index in [0.717, 1.165) is 0 Å². The molecular weight excluding hydrogens is 206 g/mol. The fraction of sp³-hybridized carbons (Fsp3) is 0.625. The van der Waals surface area contributed by atoms with Crippen LogP contribution >= 0.6 is 0 Å². The van der Waals surface area contributed by atoms with Gasteiger partial charge in [-0.2, -0.15) is 0 Å². The molecule has 15 heavy (non-hydrogen) atoms. The Labute approximate surface area is 86.2 Å². The molecule has 0 aromatic heterocycles. The van der Waals surface area contributed by atoms with Crippen molar-refractivity contribution in [3.05, 3.63) is 0 Å². The van der Waals surface area contributed by atoms with E-state index in [1.54, 1.807) is 0 Å². The van der Waals surface area contributed by atoms with Gasteiger partial charge in [0.25, 0.3) is 5.91 Å². The molecule has 0 aliphatic heterocycles. The van der Waals surface area contributed by atoms with E-state index in [-0.39, 0.29) is 0 Å². The highest BCUT2D eigenvalue weighted by atomic mass is 16.5. The Morgan fingerprint density at radius 1 is 1.20 bits per heavy atom. The number of hydrogen-bond acceptors (Lipinski definition) is 4. The van der Waals surface area contributed by atoms with Crippen LogP contribution < -0.4 is 0 Å². The van der Waals surface area contributed by atoms with Crippen LogP contribution in [-0.2, 0) is 19.1 Å². The van der Waals surface area contributed by atoms with Crippen molar-refractivity contribution in [3.63, 3.8) is 0 Å². The lowest BCUT2D eigenvalue weighted by Crippen LogP contribution is -2.44. The maximum atomic E-state index is 11.4. The molecule has 0 aromatic carbocycles. The van der Waals surface area contributed by atoms with Crippen molar-refractivity contribution in [1.82, 2.24) is 4.90 Å². The third kappa shape index (κ3) is 4.96. The third-order valence-corrected chi connectivity index (χ3v) is 1.67. The van der Waals surface area contributed by atoms with E-state index in [9.17, 15) is 14.4 Å². The van der Waals surface area contributed by atoms with Crippen molar-refractivity contribution in [1.29, 1.82) is 0 Å². The van der Waals surface area contributed by atoms with Gasteiger partial charge in [-0.1, -0.05) is 0 Å². The van der Waals surface area contributed by atoms with Crippen LogP contribution in [0.15, 0.2) is 0 Å². The minimum atomic E-state index is -1.27. The lowest BCUT2D eigenvalue weighted by Gasteiger charge is -2.21. The molecule has 0 saturated carbocycles. The van der Waals surface area contributed by atoms with Crippen molar-refractivity contribution in [2.75, 3.05) is 20.2 Å². The first kappa shape index (κ1) is 13.4. The standard InChI is InChI=1S/C8H13NO6/c1-5(15-2)8(14)9(3-6(10)11)4-7(12)13/h5H,3-4H2,1-2H3,(H,10,11)(H,12,13). The maximum Gasteiger partial charge on any atom is 0.323 e. The van der Waals surface area contributed by atoms with Crippen LogP contribution in [0.3, 0.4) is 0 Å². The Morgan fingerprint density at radius 2 is 1.60 bits per heavy atom. The fourth-order valence-electron chi connectivity index (χ4n) is 0.896. The van der Waals surface area contributed by atoms with Crippen molar-refractivity contribution >= 4 is 17.8 Å². The lowest BCUT2D eigenvalue weighted by atomic mass is 10.3. The average molecular weight is 219 g/mol. The molecule has 7 nitrogen and oxygen atoms in total. The number of methoxy groups -OCH3 is 1. The smallest absolute Gasteiger partial charge is 0.323 e. The van der Waals surface area contributed by atoms with Gasteiger partial charge in [0.1, 0.15) is 19.2 Å². The number of rotatable bonds is 6. The van der Waals surface area contributed by atoms with Crippen molar-refractivity contribution in [2.24, 2.45) is 0 Å². The average Bonchev–Trinajstić information content (AvgIpc) is 2.13. The van der Waals surface area contributed by atoms with Gasteiger partial charge in [0.05, 0.1) is 0 Å². The van der Waals surface area contributed by atoms with Gasteiger partial charge in [0.15, 0.2) is 0 Å². The van der Waals surface area contributed by atoms with Crippen LogP contribution in [0.5, 0.6) is 0 Å². The minimum Gasteiger partial charge on any atom is -0.480 e. The highest BCUT2D eigenvalue weighted by molar-refractivity contribution is 5.87. The number of carboxylic acid groups (broad SMARTS) is 2. The molecule has 0 bridgehead atoms. The highest BCUT2D eigenvalue weighted by Crippen LogP contribution is 1.98. The topological polar surface area (TPSA) is 104 Å². The minimum absolute atomic E-state index is 0.654.